The minimum Gasteiger partial charge on any atom is -0.491 e. The molecule has 3 aromatic heterocycles. The van der Waals surface area contributed by atoms with Gasteiger partial charge in [0.25, 0.3) is 0 Å². The van der Waals surface area contributed by atoms with Gasteiger partial charge in [0.05, 0.1) is 18.3 Å². The quantitative estimate of drug-likeness (QED) is 0.640. The highest BCUT2D eigenvalue weighted by Crippen LogP contribution is 2.33. The van der Waals surface area contributed by atoms with Gasteiger partial charge in [-0.25, -0.2) is 9.50 Å². The van der Waals surface area contributed by atoms with Crippen molar-refractivity contribution in [1.82, 2.24) is 19.9 Å². The lowest BCUT2D eigenvalue weighted by Gasteiger charge is -2.23. The number of fused-ring (bicyclic) bond motifs is 1. The molecule has 31 heavy (non-hydrogen) atoms. The highest BCUT2D eigenvalue weighted by molar-refractivity contribution is 5.93. The van der Waals surface area contributed by atoms with Gasteiger partial charge in [0.15, 0.2) is 5.82 Å². The Morgan fingerprint density at radius 3 is 3.00 bits per heavy atom. The summed E-state index contributed by atoms with van der Waals surface area (Å²) in [7, 11) is 0. The van der Waals surface area contributed by atoms with Crippen LogP contribution in [0.25, 0.3) is 16.6 Å². The fourth-order valence-corrected chi connectivity index (χ4v) is 3.92. The van der Waals surface area contributed by atoms with E-state index in [0.29, 0.717) is 29.8 Å². The Hall–Kier alpha value is -3.44. The molecule has 8 heteroatoms. The lowest BCUT2D eigenvalue weighted by atomic mass is 10.0. The van der Waals surface area contributed by atoms with Gasteiger partial charge in [0.1, 0.15) is 17.5 Å². The molecule has 2 aliphatic rings. The van der Waals surface area contributed by atoms with Crippen LogP contribution in [0.4, 0.5) is 5.82 Å². The summed E-state index contributed by atoms with van der Waals surface area (Å²) in [4.78, 5) is 16.2. The van der Waals surface area contributed by atoms with E-state index in [-0.39, 0.29) is 11.8 Å². The van der Waals surface area contributed by atoms with Crippen LogP contribution < -0.4 is 15.4 Å². The van der Waals surface area contributed by atoms with E-state index in [1.165, 1.54) is 0 Å². The van der Waals surface area contributed by atoms with Crippen LogP contribution in [0.15, 0.2) is 36.7 Å². The minimum atomic E-state index is 0.0318. The number of carbonyl (C=O) groups is 1. The number of anilines is 1. The monoisotopic (exact) mass is 416 g/mol. The number of aromatic nitrogens is 3. The van der Waals surface area contributed by atoms with Gasteiger partial charge in [-0.1, -0.05) is 0 Å². The number of hydrogen-bond acceptors (Lipinski definition) is 6. The predicted molar refractivity (Wildman–Crippen MR) is 116 cm³/mol. The molecule has 5 rings (SSSR count). The third kappa shape index (κ3) is 4.37. The Balaban J connectivity index is 1.41. The average molecular weight is 416 g/mol. The van der Waals surface area contributed by atoms with Crippen LogP contribution in [0.1, 0.15) is 31.4 Å². The number of rotatable bonds is 6. The van der Waals surface area contributed by atoms with E-state index in [0.717, 1.165) is 55.4 Å². The van der Waals surface area contributed by atoms with Crippen LogP contribution in [0, 0.1) is 23.2 Å². The molecule has 0 aromatic carbocycles. The number of nitriles is 1. The van der Waals surface area contributed by atoms with Crippen molar-refractivity contribution in [3.63, 3.8) is 0 Å². The Kier molecular flexibility index (Phi) is 5.26. The zero-order valence-corrected chi connectivity index (χ0v) is 17.2. The Morgan fingerprint density at radius 2 is 2.23 bits per heavy atom. The van der Waals surface area contributed by atoms with Crippen LogP contribution in [0.3, 0.4) is 0 Å². The van der Waals surface area contributed by atoms with Crippen molar-refractivity contribution < 1.29 is 9.53 Å². The van der Waals surface area contributed by atoms with Crippen molar-refractivity contribution in [2.45, 2.75) is 25.7 Å². The number of hydrogen-bond donors (Lipinski definition) is 2. The zero-order chi connectivity index (χ0) is 21.2. The first-order valence-electron chi connectivity index (χ1n) is 10.7. The Morgan fingerprint density at radius 1 is 1.32 bits per heavy atom. The first kappa shape index (κ1) is 19.5. The first-order valence-corrected chi connectivity index (χ1v) is 10.7. The summed E-state index contributed by atoms with van der Waals surface area (Å²) in [5, 5.41) is 20.0. The van der Waals surface area contributed by atoms with Crippen LogP contribution in [0.5, 0.6) is 5.75 Å². The summed E-state index contributed by atoms with van der Waals surface area (Å²) in [6, 6.07) is 9.62. The molecule has 0 spiro atoms. The highest BCUT2D eigenvalue weighted by Gasteiger charge is 2.30. The van der Waals surface area contributed by atoms with Gasteiger partial charge in [0, 0.05) is 36.2 Å². The molecule has 3 aromatic rings. The van der Waals surface area contributed by atoms with Crippen LogP contribution in [0.2, 0.25) is 0 Å². The van der Waals surface area contributed by atoms with Gasteiger partial charge in [-0.3, -0.25) is 4.79 Å². The summed E-state index contributed by atoms with van der Waals surface area (Å²) in [5.74, 6) is 1.83. The zero-order valence-electron chi connectivity index (χ0n) is 17.2. The summed E-state index contributed by atoms with van der Waals surface area (Å²) in [6.45, 7) is 2.63. The van der Waals surface area contributed by atoms with E-state index < -0.39 is 0 Å². The molecule has 158 valence electrons. The molecule has 8 nitrogen and oxygen atoms in total. The van der Waals surface area contributed by atoms with Crippen molar-refractivity contribution in [3.8, 4) is 22.9 Å². The maximum Gasteiger partial charge on any atom is 0.228 e. The molecule has 1 aliphatic carbocycles. The number of ether oxygens (including phenoxy) is 1. The molecular weight excluding hydrogens is 392 g/mol. The minimum absolute atomic E-state index is 0.0318. The molecule has 1 atom stereocenters. The molecule has 1 aliphatic heterocycles. The topological polar surface area (TPSA) is 104 Å². The van der Waals surface area contributed by atoms with Crippen LogP contribution >= 0.6 is 0 Å². The second kappa shape index (κ2) is 8.36. The number of pyridine rings is 2. The van der Waals surface area contributed by atoms with Gasteiger partial charge in [-0.2, -0.15) is 10.4 Å². The van der Waals surface area contributed by atoms with Crippen molar-refractivity contribution in [1.29, 1.82) is 5.26 Å². The summed E-state index contributed by atoms with van der Waals surface area (Å²) in [6.07, 6.45) is 7.68. The third-order valence-corrected chi connectivity index (χ3v) is 5.83. The van der Waals surface area contributed by atoms with E-state index in [9.17, 15) is 10.1 Å². The maximum absolute atomic E-state index is 12.0. The van der Waals surface area contributed by atoms with E-state index in [4.69, 9.17) is 4.74 Å². The van der Waals surface area contributed by atoms with Crippen molar-refractivity contribution >= 4 is 17.2 Å². The van der Waals surface area contributed by atoms with Crippen molar-refractivity contribution in [2.24, 2.45) is 11.8 Å². The van der Waals surface area contributed by atoms with E-state index in [1.807, 2.05) is 24.4 Å². The lowest BCUT2D eigenvalue weighted by molar-refractivity contribution is -0.117. The normalized spacial score (nSPS) is 18.5. The van der Waals surface area contributed by atoms with E-state index >= 15 is 0 Å². The maximum atomic E-state index is 12.0. The molecule has 0 bridgehead atoms. The smallest absolute Gasteiger partial charge is 0.228 e. The number of amides is 1. The molecule has 2 fully saturated rings. The molecule has 1 amide bonds. The Bertz CT molecular complexity index is 1150. The van der Waals surface area contributed by atoms with E-state index in [1.54, 1.807) is 16.8 Å². The predicted octanol–water partition coefficient (Wildman–Crippen LogP) is 2.99. The van der Waals surface area contributed by atoms with E-state index in [2.05, 4.69) is 26.8 Å². The number of nitrogens with zero attached hydrogens (tertiary/aromatic N) is 4. The average Bonchev–Trinajstić information content (AvgIpc) is 3.58. The first-order chi connectivity index (χ1) is 15.2. The molecule has 1 saturated heterocycles. The molecule has 1 saturated carbocycles. The fraction of sp³-hybridized carbons (Fsp3) is 0.391. The van der Waals surface area contributed by atoms with Crippen LogP contribution in [-0.4, -0.2) is 40.2 Å². The largest absolute Gasteiger partial charge is 0.491 e. The van der Waals surface area contributed by atoms with Gasteiger partial charge >= 0.3 is 0 Å². The Labute approximate surface area is 180 Å². The fourth-order valence-electron chi connectivity index (χ4n) is 3.92. The second-order valence-corrected chi connectivity index (χ2v) is 8.28. The standard InChI is InChI=1S/C23H24N6O2/c24-11-18-9-20(21(13-26-18)31-14-15-2-1-6-25-12-15)17-5-7-29-19(8-17)10-22(28-29)27-23(30)16-3-4-16/h5,7-10,13,15-16,25H,1-4,6,12,14H2,(H,27,28,30)/t15-/m0/s1. The summed E-state index contributed by atoms with van der Waals surface area (Å²) < 4.78 is 7.87. The van der Waals surface area contributed by atoms with Gasteiger partial charge in [0.2, 0.25) is 5.91 Å². The van der Waals surface area contributed by atoms with Gasteiger partial charge in [-0.05, 0) is 56.0 Å². The molecule has 4 heterocycles. The van der Waals surface area contributed by atoms with Gasteiger partial charge < -0.3 is 15.4 Å². The van der Waals surface area contributed by atoms with Crippen LogP contribution in [-0.2, 0) is 4.79 Å². The number of nitrogens with one attached hydrogen (secondary N) is 2. The molecule has 0 radical (unpaired) electrons. The SMILES string of the molecule is N#Cc1cc(-c2ccn3nc(NC(=O)C4CC4)cc3c2)c(OC[C@H]2CCCNC2)cn1. The van der Waals surface area contributed by atoms with Crippen molar-refractivity contribution in [2.75, 3.05) is 25.0 Å². The molecular formula is C23H24N6O2. The molecule has 2 N–H and O–H groups in total. The molecule has 0 unspecified atom stereocenters. The lowest BCUT2D eigenvalue weighted by Crippen LogP contribution is -2.33. The van der Waals surface area contributed by atoms with Gasteiger partial charge in [-0.15, -0.1) is 0 Å². The summed E-state index contributed by atoms with van der Waals surface area (Å²) >= 11 is 0. The highest BCUT2D eigenvalue weighted by atomic mass is 16.5. The number of carbonyl (C=O) groups excluding carboxylic acids is 1. The van der Waals surface area contributed by atoms with Crippen molar-refractivity contribution in [3.05, 3.63) is 42.4 Å². The number of piperidine rings is 1. The third-order valence-electron chi connectivity index (χ3n) is 5.83. The second-order valence-electron chi connectivity index (χ2n) is 8.28. The summed E-state index contributed by atoms with van der Waals surface area (Å²) in [5.41, 5.74) is 2.92.